The molecular formula is C19H15BrN2O5S2. The van der Waals surface area contributed by atoms with E-state index >= 15 is 0 Å². The van der Waals surface area contributed by atoms with E-state index in [1.54, 1.807) is 24.3 Å². The number of carbonyl (C=O) groups is 2. The van der Waals surface area contributed by atoms with Gasteiger partial charge in [0.05, 0.1) is 16.5 Å². The molecule has 0 saturated heterocycles. The lowest BCUT2D eigenvalue weighted by atomic mass is 10.1. The zero-order chi connectivity index (χ0) is 21.0. The third-order valence-electron chi connectivity index (χ3n) is 3.75. The average molecular weight is 495 g/mol. The normalized spacial score (nSPS) is 11.0. The monoisotopic (exact) mass is 494 g/mol. The number of nitrogens with one attached hydrogen (secondary N) is 2. The molecule has 0 radical (unpaired) electrons. The number of hydrogen-bond donors (Lipinski definition) is 2. The van der Waals surface area contributed by atoms with E-state index in [0.717, 1.165) is 11.3 Å². The standard InChI is InChI=1S/C19H15BrN2O5S2/c1-27-19(24)13-3-2-4-15(11-13)21-18(23)12-5-7-14(8-6-12)22-29(25,26)17-10-9-16(20)28-17/h2-11,22H,1H3,(H,21,23). The first kappa shape index (κ1) is 21.0. The summed E-state index contributed by atoms with van der Waals surface area (Å²) >= 11 is 4.33. The zero-order valence-corrected chi connectivity index (χ0v) is 18.2. The van der Waals surface area contributed by atoms with Crippen LogP contribution >= 0.6 is 27.3 Å². The molecule has 150 valence electrons. The van der Waals surface area contributed by atoms with Crippen molar-refractivity contribution >= 4 is 60.5 Å². The van der Waals surface area contributed by atoms with Gasteiger partial charge in [0.1, 0.15) is 4.21 Å². The number of rotatable bonds is 6. The maximum Gasteiger partial charge on any atom is 0.337 e. The summed E-state index contributed by atoms with van der Waals surface area (Å²) in [5, 5.41) is 2.68. The summed E-state index contributed by atoms with van der Waals surface area (Å²) in [7, 11) is -2.42. The van der Waals surface area contributed by atoms with Crippen LogP contribution in [0.3, 0.4) is 0 Å². The van der Waals surface area contributed by atoms with Gasteiger partial charge in [-0.2, -0.15) is 0 Å². The molecule has 3 rings (SSSR count). The van der Waals surface area contributed by atoms with Gasteiger partial charge >= 0.3 is 5.97 Å². The first-order valence-corrected chi connectivity index (χ1v) is 11.3. The predicted molar refractivity (Wildman–Crippen MR) is 115 cm³/mol. The van der Waals surface area contributed by atoms with E-state index in [1.165, 1.54) is 43.5 Å². The molecule has 2 aromatic carbocycles. The quantitative estimate of drug-likeness (QED) is 0.496. The molecule has 29 heavy (non-hydrogen) atoms. The number of anilines is 2. The number of hydrogen-bond acceptors (Lipinski definition) is 6. The van der Waals surface area contributed by atoms with Crippen molar-refractivity contribution in [3.05, 3.63) is 75.6 Å². The molecule has 1 amide bonds. The van der Waals surface area contributed by atoms with E-state index in [4.69, 9.17) is 0 Å². The molecule has 1 aromatic heterocycles. The van der Waals surface area contributed by atoms with E-state index in [2.05, 4.69) is 30.7 Å². The fourth-order valence-electron chi connectivity index (χ4n) is 2.38. The number of sulfonamides is 1. The summed E-state index contributed by atoms with van der Waals surface area (Å²) in [6, 6.07) is 15.5. The minimum absolute atomic E-state index is 0.177. The fourth-order valence-corrected chi connectivity index (χ4v) is 5.45. The molecule has 0 aliphatic heterocycles. The number of ether oxygens (including phenoxy) is 1. The number of methoxy groups -OCH3 is 1. The largest absolute Gasteiger partial charge is 0.465 e. The Balaban J connectivity index is 1.70. The Morgan fingerprint density at radius 3 is 2.31 bits per heavy atom. The second-order valence-corrected chi connectivity index (χ2v) is 10.1. The Hall–Kier alpha value is -2.69. The zero-order valence-electron chi connectivity index (χ0n) is 15.0. The van der Waals surface area contributed by atoms with Gasteiger partial charge in [0.15, 0.2) is 0 Å². The molecule has 0 aliphatic rings. The molecule has 0 unspecified atom stereocenters. The lowest BCUT2D eigenvalue weighted by Crippen LogP contribution is -2.14. The van der Waals surface area contributed by atoms with Crippen molar-refractivity contribution in [3.63, 3.8) is 0 Å². The smallest absolute Gasteiger partial charge is 0.337 e. The molecule has 0 atom stereocenters. The molecule has 10 heteroatoms. The van der Waals surface area contributed by atoms with Crippen molar-refractivity contribution in [2.75, 3.05) is 17.1 Å². The molecule has 0 fully saturated rings. The highest BCUT2D eigenvalue weighted by Gasteiger charge is 2.17. The topological polar surface area (TPSA) is 102 Å². The number of halogens is 1. The number of thiophene rings is 1. The molecule has 0 bridgehead atoms. The van der Waals surface area contributed by atoms with Gasteiger partial charge in [-0.15, -0.1) is 11.3 Å². The van der Waals surface area contributed by atoms with Crippen molar-refractivity contribution in [1.29, 1.82) is 0 Å². The summed E-state index contributed by atoms with van der Waals surface area (Å²) in [6.07, 6.45) is 0. The van der Waals surface area contributed by atoms with Gasteiger partial charge in [-0.25, -0.2) is 13.2 Å². The van der Waals surface area contributed by atoms with Crippen LogP contribution in [0.2, 0.25) is 0 Å². The minimum Gasteiger partial charge on any atom is -0.465 e. The summed E-state index contributed by atoms with van der Waals surface area (Å²) in [6.45, 7) is 0. The third-order valence-corrected chi connectivity index (χ3v) is 7.25. The van der Waals surface area contributed by atoms with Crippen LogP contribution in [-0.2, 0) is 14.8 Å². The van der Waals surface area contributed by atoms with Crippen molar-refractivity contribution < 1.29 is 22.7 Å². The molecule has 0 aliphatic carbocycles. The molecule has 0 saturated carbocycles. The summed E-state index contributed by atoms with van der Waals surface area (Å²) < 4.78 is 32.7. The van der Waals surface area contributed by atoms with E-state index in [-0.39, 0.29) is 4.21 Å². The van der Waals surface area contributed by atoms with E-state index in [1.807, 2.05) is 0 Å². The fraction of sp³-hybridized carbons (Fsp3) is 0.0526. The Kier molecular flexibility index (Phi) is 6.36. The summed E-state index contributed by atoms with van der Waals surface area (Å²) in [5.74, 6) is -0.904. The second kappa shape index (κ2) is 8.76. The van der Waals surface area contributed by atoms with Crippen molar-refractivity contribution in [1.82, 2.24) is 0 Å². The van der Waals surface area contributed by atoms with Crippen LogP contribution in [0.15, 0.2) is 68.7 Å². The number of carbonyl (C=O) groups excluding carboxylic acids is 2. The first-order valence-electron chi connectivity index (χ1n) is 8.16. The lowest BCUT2D eigenvalue weighted by molar-refractivity contribution is 0.0600. The molecule has 2 N–H and O–H groups in total. The van der Waals surface area contributed by atoms with Gasteiger partial charge in [0, 0.05) is 16.9 Å². The third kappa shape index (κ3) is 5.22. The molecular weight excluding hydrogens is 480 g/mol. The summed E-state index contributed by atoms with van der Waals surface area (Å²) in [5.41, 5.74) is 1.41. The Morgan fingerprint density at radius 1 is 0.966 bits per heavy atom. The molecule has 7 nitrogen and oxygen atoms in total. The van der Waals surface area contributed by atoms with Crippen molar-refractivity contribution in [2.45, 2.75) is 4.21 Å². The van der Waals surface area contributed by atoms with Crippen LogP contribution in [0.4, 0.5) is 11.4 Å². The van der Waals surface area contributed by atoms with E-state index < -0.39 is 21.9 Å². The molecule has 0 spiro atoms. The lowest BCUT2D eigenvalue weighted by Gasteiger charge is -2.09. The van der Waals surface area contributed by atoms with Gasteiger partial charge in [-0.3, -0.25) is 9.52 Å². The van der Waals surface area contributed by atoms with Crippen LogP contribution in [0.25, 0.3) is 0 Å². The second-order valence-electron chi connectivity index (χ2n) is 5.77. The van der Waals surface area contributed by atoms with Crippen molar-refractivity contribution in [3.8, 4) is 0 Å². The molecule has 3 aromatic rings. The highest BCUT2D eigenvalue weighted by Crippen LogP contribution is 2.27. The summed E-state index contributed by atoms with van der Waals surface area (Å²) in [4.78, 5) is 24.0. The maximum atomic E-state index is 12.4. The highest BCUT2D eigenvalue weighted by atomic mass is 79.9. The van der Waals surface area contributed by atoms with Crippen LogP contribution < -0.4 is 10.0 Å². The SMILES string of the molecule is COC(=O)c1cccc(NC(=O)c2ccc(NS(=O)(=O)c3ccc(Br)s3)cc2)c1. The average Bonchev–Trinajstić information content (AvgIpc) is 3.15. The van der Waals surface area contributed by atoms with Gasteiger partial charge < -0.3 is 10.1 Å². The van der Waals surface area contributed by atoms with Crippen LogP contribution in [0.5, 0.6) is 0 Å². The molecule has 1 heterocycles. The van der Waals surface area contributed by atoms with E-state index in [9.17, 15) is 18.0 Å². The Morgan fingerprint density at radius 2 is 1.69 bits per heavy atom. The van der Waals surface area contributed by atoms with E-state index in [0.29, 0.717) is 26.3 Å². The Bertz CT molecular complexity index is 1160. The Labute approximate surface area is 179 Å². The minimum atomic E-state index is -3.70. The van der Waals surface area contributed by atoms with Gasteiger partial charge in [-0.05, 0) is 70.5 Å². The van der Waals surface area contributed by atoms with Crippen molar-refractivity contribution in [2.24, 2.45) is 0 Å². The number of amides is 1. The van der Waals surface area contributed by atoms with Crippen LogP contribution in [0.1, 0.15) is 20.7 Å². The highest BCUT2D eigenvalue weighted by molar-refractivity contribution is 9.11. The predicted octanol–water partition coefficient (Wildman–Crippen LogP) is 4.35. The first-order chi connectivity index (χ1) is 13.8. The van der Waals surface area contributed by atoms with Gasteiger partial charge in [-0.1, -0.05) is 6.07 Å². The number of esters is 1. The number of benzene rings is 2. The van der Waals surface area contributed by atoms with Gasteiger partial charge in [0.25, 0.3) is 15.9 Å². The van der Waals surface area contributed by atoms with Crippen LogP contribution in [0, 0.1) is 0 Å². The maximum absolute atomic E-state index is 12.4. The van der Waals surface area contributed by atoms with Crippen LogP contribution in [-0.4, -0.2) is 27.4 Å². The van der Waals surface area contributed by atoms with Gasteiger partial charge in [0.2, 0.25) is 0 Å².